The number of carbonyl (C=O) groups is 3. The van der Waals surface area contributed by atoms with Gasteiger partial charge in [0.1, 0.15) is 24.6 Å². The molecular weight excluding hydrogens is 545 g/mol. The zero-order valence-corrected chi connectivity index (χ0v) is 23.2. The second-order valence-corrected chi connectivity index (χ2v) is 10.8. The number of nitrogens with one attached hydrogen (secondary N) is 1. The van der Waals surface area contributed by atoms with E-state index in [1.54, 1.807) is 35.6 Å². The third-order valence-electron chi connectivity index (χ3n) is 8.00. The molecular formula is C29H32FN7O5. The zero-order chi connectivity index (χ0) is 29.2. The Labute approximate surface area is 242 Å². The van der Waals surface area contributed by atoms with Gasteiger partial charge in [-0.3, -0.25) is 19.3 Å². The van der Waals surface area contributed by atoms with Crippen LogP contribution < -0.4 is 10.1 Å². The van der Waals surface area contributed by atoms with Crippen LogP contribution in [0.25, 0.3) is 0 Å². The highest BCUT2D eigenvalue weighted by Gasteiger charge is 2.39. The summed E-state index contributed by atoms with van der Waals surface area (Å²) in [5.74, 6) is -1.55. The van der Waals surface area contributed by atoms with Crippen molar-refractivity contribution in [1.82, 2.24) is 34.6 Å². The van der Waals surface area contributed by atoms with E-state index in [0.717, 1.165) is 5.69 Å². The first-order chi connectivity index (χ1) is 20.4. The maximum atomic E-state index is 14.4. The van der Waals surface area contributed by atoms with Crippen molar-refractivity contribution in [2.24, 2.45) is 7.05 Å². The summed E-state index contributed by atoms with van der Waals surface area (Å²) in [6.45, 7) is 2.00. The molecule has 2 aromatic heterocycles. The lowest BCUT2D eigenvalue weighted by Crippen LogP contribution is -2.59. The van der Waals surface area contributed by atoms with Crippen molar-refractivity contribution >= 4 is 17.7 Å². The molecule has 2 fully saturated rings. The minimum Gasteiger partial charge on any atom is -0.475 e. The van der Waals surface area contributed by atoms with Crippen LogP contribution in [0.4, 0.5) is 4.39 Å². The number of ether oxygens (including phenoxy) is 2. The SMILES string of the molecule is Cn1cncc1CN1C[C@@H]2OCC(=O)N3CCN(C(=O)c4ccccc4F)C[C@H]3COc3ncccc3C(=O)N[C@@H]2C1. The molecule has 2 saturated heterocycles. The van der Waals surface area contributed by atoms with E-state index in [1.165, 1.54) is 29.3 Å². The number of benzene rings is 1. The van der Waals surface area contributed by atoms with Crippen LogP contribution in [0.1, 0.15) is 26.4 Å². The zero-order valence-electron chi connectivity index (χ0n) is 23.2. The Kier molecular flexibility index (Phi) is 7.85. The third kappa shape index (κ3) is 5.70. The number of hydrogen-bond acceptors (Lipinski definition) is 8. The minimum absolute atomic E-state index is 0.0184. The smallest absolute Gasteiger partial charge is 0.257 e. The molecule has 3 aliphatic heterocycles. The van der Waals surface area contributed by atoms with E-state index in [9.17, 15) is 18.8 Å². The molecule has 3 amide bonds. The second kappa shape index (κ2) is 11.9. The molecule has 13 heteroatoms. The molecule has 1 N–H and O–H groups in total. The van der Waals surface area contributed by atoms with Gasteiger partial charge in [0.25, 0.3) is 11.8 Å². The van der Waals surface area contributed by atoms with Crippen LogP contribution >= 0.6 is 0 Å². The molecule has 3 aromatic rings. The number of likely N-dealkylation sites (tertiary alicyclic amines) is 1. The first-order valence-corrected chi connectivity index (χ1v) is 13.9. The van der Waals surface area contributed by atoms with Crippen LogP contribution in [0.3, 0.4) is 0 Å². The van der Waals surface area contributed by atoms with Crippen LogP contribution in [0, 0.1) is 5.82 Å². The number of nitrogens with zero attached hydrogens (tertiary/aromatic N) is 6. The number of carbonyl (C=O) groups excluding carboxylic acids is 3. The topological polar surface area (TPSA) is 122 Å². The fourth-order valence-electron chi connectivity index (χ4n) is 5.73. The molecule has 0 spiro atoms. The number of aromatic nitrogens is 3. The van der Waals surface area contributed by atoms with Gasteiger partial charge in [0, 0.05) is 58.7 Å². The van der Waals surface area contributed by atoms with E-state index in [4.69, 9.17) is 9.47 Å². The normalized spacial score (nSPS) is 23.4. The van der Waals surface area contributed by atoms with E-state index in [0.29, 0.717) is 19.6 Å². The Morgan fingerprint density at radius 3 is 2.79 bits per heavy atom. The average Bonchev–Trinajstić information content (AvgIpc) is 3.58. The highest BCUT2D eigenvalue weighted by Crippen LogP contribution is 2.23. The predicted octanol–water partition coefficient (Wildman–Crippen LogP) is 0.699. The van der Waals surface area contributed by atoms with E-state index in [-0.39, 0.29) is 67.7 Å². The van der Waals surface area contributed by atoms with E-state index < -0.39 is 23.9 Å². The van der Waals surface area contributed by atoms with Gasteiger partial charge in [-0.05, 0) is 24.3 Å². The first kappa shape index (κ1) is 27.8. The van der Waals surface area contributed by atoms with Crippen LogP contribution in [-0.2, 0) is 23.1 Å². The van der Waals surface area contributed by atoms with Gasteiger partial charge >= 0.3 is 0 Å². The lowest BCUT2D eigenvalue weighted by molar-refractivity contribution is -0.143. The highest BCUT2D eigenvalue weighted by molar-refractivity contribution is 5.96. The van der Waals surface area contributed by atoms with Gasteiger partial charge in [0.05, 0.1) is 35.8 Å². The lowest BCUT2D eigenvalue weighted by atomic mass is 10.1. The molecule has 0 radical (unpaired) electrons. The van der Waals surface area contributed by atoms with Crippen molar-refractivity contribution in [2.45, 2.75) is 24.7 Å². The molecule has 5 heterocycles. The highest BCUT2D eigenvalue weighted by atomic mass is 19.1. The summed E-state index contributed by atoms with van der Waals surface area (Å²) >= 11 is 0. The second-order valence-electron chi connectivity index (χ2n) is 10.8. The maximum absolute atomic E-state index is 14.4. The van der Waals surface area contributed by atoms with Gasteiger partial charge in [-0.1, -0.05) is 12.1 Å². The van der Waals surface area contributed by atoms with Gasteiger partial charge < -0.3 is 29.2 Å². The monoisotopic (exact) mass is 577 g/mol. The van der Waals surface area contributed by atoms with Gasteiger partial charge in [0.2, 0.25) is 11.8 Å². The number of aryl methyl sites for hydroxylation is 1. The summed E-state index contributed by atoms with van der Waals surface area (Å²) in [5.41, 5.74) is 1.24. The summed E-state index contributed by atoms with van der Waals surface area (Å²) < 4.78 is 28.5. The van der Waals surface area contributed by atoms with Crippen LogP contribution in [-0.4, -0.2) is 111 Å². The van der Waals surface area contributed by atoms with E-state index in [1.807, 2.05) is 11.6 Å². The van der Waals surface area contributed by atoms with E-state index >= 15 is 0 Å². The van der Waals surface area contributed by atoms with Crippen molar-refractivity contribution in [2.75, 3.05) is 45.9 Å². The molecule has 3 atom stereocenters. The van der Waals surface area contributed by atoms with Crippen molar-refractivity contribution in [3.05, 3.63) is 77.8 Å². The molecule has 0 unspecified atom stereocenters. The standard InChI is InChI=1S/C29H32FN7O5/c1-34-18-31-11-19(34)12-35-14-24-25(15-35)41-17-26(38)37-10-9-36(29(40)21-5-2-3-7-23(21)30)13-20(37)16-42-28-22(27(39)33-24)6-4-8-32-28/h2-8,11,18,20,24-25H,9-10,12-17H2,1H3,(H,33,39)/t20-,24+,25-/m0/s1. The first-order valence-electron chi connectivity index (χ1n) is 13.9. The number of halogens is 1. The molecule has 12 nitrogen and oxygen atoms in total. The number of fused-ring (bicyclic) bond motifs is 3. The van der Waals surface area contributed by atoms with Crippen LogP contribution in [0.5, 0.6) is 5.88 Å². The number of piperazine rings is 1. The molecule has 42 heavy (non-hydrogen) atoms. The van der Waals surface area contributed by atoms with Crippen LogP contribution in [0.15, 0.2) is 55.1 Å². The summed E-state index contributed by atoms with van der Waals surface area (Å²) in [6.07, 6.45) is 4.63. The fourth-order valence-corrected chi connectivity index (χ4v) is 5.73. The third-order valence-corrected chi connectivity index (χ3v) is 8.00. The largest absolute Gasteiger partial charge is 0.475 e. The Hall–Kier alpha value is -4.36. The maximum Gasteiger partial charge on any atom is 0.257 e. The van der Waals surface area contributed by atoms with Crippen molar-refractivity contribution in [3.63, 3.8) is 0 Å². The summed E-state index contributed by atoms with van der Waals surface area (Å²) in [6, 6.07) is 8.17. The van der Waals surface area contributed by atoms with Gasteiger partial charge in [-0.25, -0.2) is 14.4 Å². The van der Waals surface area contributed by atoms with Gasteiger partial charge in [-0.2, -0.15) is 0 Å². The quantitative estimate of drug-likeness (QED) is 0.483. The Balaban J connectivity index is 1.24. The minimum atomic E-state index is -0.603. The summed E-state index contributed by atoms with van der Waals surface area (Å²) in [4.78, 5) is 53.9. The number of hydrogen-bond donors (Lipinski definition) is 1. The summed E-state index contributed by atoms with van der Waals surface area (Å²) in [7, 11) is 1.92. The molecule has 220 valence electrons. The van der Waals surface area contributed by atoms with Gasteiger partial charge in [-0.15, -0.1) is 0 Å². The number of rotatable bonds is 3. The van der Waals surface area contributed by atoms with Crippen molar-refractivity contribution in [3.8, 4) is 5.88 Å². The van der Waals surface area contributed by atoms with Gasteiger partial charge in [0.15, 0.2) is 0 Å². The van der Waals surface area contributed by atoms with Crippen molar-refractivity contribution in [1.29, 1.82) is 0 Å². The molecule has 6 rings (SSSR count). The molecule has 0 saturated carbocycles. The molecule has 3 aliphatic rings. The molecule has 0 aliphatic carbocycles. The lowest BCUT2D eigenvalue weighted by Gasteiger charge is -2.41. The predicted molar refractivity (Wildman–Crippen MR) is 147 cm³/mol. The number of imidazole rings is 1. The van der Waals surface area contributed by atoms with Crippen LogP contribution in [0.2, 0.25) is 0 Å². The Bertz CT molecular complexity index is 1480. The number of amides is 3. The molecule has 1 aromatic carbocycles. The summed E-state index contributed by atoms with van der Waals surface area (Å²) in [5, 5.41) is 3.06. The van der Waals surface area contributed by atoms with E-state index in [2.05, 4.69) is 20.2 Å². The molecule has 0 bridgehead atoms. The average molecular weight is 578 g/mol. The number of pyridine rings is 1. The fraction of sp³-hybridized carbons (Fsp3) is 0.414. The Morgan fingerprint density at radius 1 is 1.12 bits per heavy atom. The Morgan fingerprint density at radius 2 is 1.98 bits per heavy atom. The van der Waals surface area contributed by atoms with Crippen molar-refractivity contribution < 1.29 is 28.2 Å².